The number of nitrogens with zero attached hydrogens (tertiary/aromatic N) is 2. The Morgan fingerprint density at radius 2 is 2.11 bits per heavy atom. The van der Waals surface area contributed by atoms with E-state index in [1.165, 1.54) is 22.6 Å². The van der Waals surface area contributed by atoms with Crippen LogP contribution < -0.4 is 0 Å². The summed E-state index contributed by atoms with van der Waals surface area (Å²) < 4.78 is 31.4. The molecule has 1 aromatic heterocycles. The normalized spacial score (nSPS) is 19.0. The fraction of sp³-hybridized carbons (Fsp3) is 0.545. The number of hydrogen-bond acceptors (Lipinski definition) is 4. The van der Waals surface area contributed by atoms with Crippen LogP contribution in [0.3, 0.4) is 0 Å². The summed E-state index contributed by atoms with van der Waals surface area (Å²) in [7, 11) is -1.81. The zero-order valence-electron chi connectivity index (χ0n) is 10.0. The molecule has 0 N–H and O–H groups in total. The van der Waals surface area contributed by atoms with Crippen LogP contribution in [-0.2, 0) is 14.8 Å². The third-order valence-electron chi connectivity index (χ3n) is 3.07. The van der Waals surface area contributed by atoms with Gasteiger partial charge in [0.2, 0.25) is 10.0 Å². The SMILES string of the molecule is COC1CCN(S(=O)(=O)c2ccnc(Cl)c2)CC1. The molecular formula is C11H15ClN2O3S. The molecule has 0 saturated carbocycles. The van der Waals surface area contributed by atoms with Gasteiger partial charge in [-0.2, -0.15) is 4.31 Å². The molecule has 1 aliphatic heterocycles. The first-order valence-corrected chi connectivity index (χ1v) is 7.50. The van der Waals surface area contributed by atoms with E-state index in [1.807, 2.05) is 0 Å². The highest BCUT2D eigenvalue weighted by molar-refractivity contribution is 7.89. The van der Waals surface area contributed by atoms with Crippen molar-refractivity contribution in [2.75, 3.05) is 20.2 Å². The Hall–Kier alpha value is -0.690. The van der Waals surface area contributed by atoms with Crippen LogP contribution in [0.1, 0.15) is 12.8 Å². The molecular weight excluding hydrogens is 276 g/mol. The van der Waals surface area contributed by atoms with Crippen LogP contribution in [0.15, 0.2) is 23.2 Å². The number of pyridine rings is 1. The van der Waals surface area contributed by atoms with E-state index in [4.69, 9.17) is 16.3 Å². The van der Waals surface area contributed by atoms with E-state index in [-0.39, 0.29) is 16.2 Å². The van der Waals surface area contributed by atoms with Crippen molar-refractivity contribution in [1.29, 1.82) is 0 Å². The second-order valence-electron chi connectivity index (χ2n) is 4.15. The quantitative estimate of drug-likeness (QED) is 0.792. The number of halogens is 1. The summed E-state index contributed by atoms with van der Waals surface area (Å²) in [5.41, 5.74) is 0. The van der Waals surface area contributed by atoms with Crippen LogP contribution in [0.5, 0.6) is 0 Å². The summed E-state index contributed by atoms with van der Waals surface area (Å²) >= 11 is 5.72. The van der Waals surface area contributed by atoms with E-state index < -0.39 is 10.0 Å². The summed E-state index contributed by atoms with van der Waals surface area (Å²) in [5.74, 6) is 0. The zero-order chi connectivity index (χ0) is 13.2. The van der Waals surface area contributed by atoms with Gasteiger partial charge in [0.15, 0.2) is 0 Å². The van der Waals surface area contributed by atoms with Gasteiger partial charge in [-0.05, 0) is 25.0 Å². The van der Waals surface area contributed by atoms with Crippen molar-refractivity contribution >= 4 is 21.6 Å². The third kappa shape index (κ3) is 2.83. The van der Waals surface area contributed by atoms with Gasteiger partial charge in [0.1, 0.15) is 5.15 Å². The highest BCUT2D eigenvalue weighted by Crippen LogP contribution is 2.22. The Morgan fingerprint density at radius 1 is 1.44 bits per heavy atom. The topological polar surface area (TPSA) is 59.5 Å². The number of methoxy groups -OCH3 is 1. The van der Waals surface area contributed by atoms with E-state index in [0.29, 0.717) is 25.9 Å². The molecule has 1 fully saturated rings. The van der Waals surface area contributed by atoms with Gasteiger partial charge in [0.05, 0.1) is 11.0 Å². The lowest BCUT2D eigenvalue weighted by Gasteiger charge is -2.30. The number of sulfonamides is 1. The fourth-order valence-corrected chi connectivity index (χ4v) is 3.72. The van der Waals surface area contributed by atoms with Crippen molar-refractivity contribution in [3.8, 4) is 0 Å². The van der Waals surface area contributed by atoms with Gasteiger partial charge in [0, 0.05) is 26.4 Å². The summed E-state index contributed by atoms with van der Waals surface area (Å²) in [6.45, 7) is 0.946. The van der Waals surface area contributed by atoms with Crippen molar-refractivity contribution in [1.82, 2.24) is 9.29 Å². The average Bonchev–Trinajstić information content (AvgIpc) is 2.39. The second kappa shape index (κ2) is 5.52. The Labute approximate surface area is 112 Å². The molecule has 7 heteroatoms. The Bertz CT molecular complexity index is 513. The van der Waals surface area contributed by atoms with Gasteiger partial charge in [-0.25, -0.2) is 13.4 Å². The second-order valence-corrected chi connectivity index (χ2v) is 6.48. The van der Waals surface area contributed by atoms with E-state index in [0.717, 1.165) is 0 Å². The number of aromatic nitrogens is 1. The predicted molar refractivity (Wildman–Crippen MR) is 68.0 cm³/mol. The minimum absolute atomic E-state index is 0.150. The molecule has 2 heterocycles. The van der Waals surface area contributed by atoms with Gasteiger partial charge >= 0.3 is 0 Å². The van der Waals surface area contributed by atoms with Crippen molar-refractivity contribution in [3.05, 3.63) is 23.5 Å². The molecule has 100 valence electrons. The van der Waals surface area contributed by atoms with Crippen molar-refractivity contribution in [3.63, 3.8) is 0 Å². The molecule has 0 bridgehead atoms. The molecule has 5 nitrogen and oxygen atoms in total. The predicted octanol–water partition coefficient (Wildman–Crippen LogP) is 1.53. The van der Waals surface area contributed by atoms with Crippen molar-refractivity contribution in [2.45, 2.75) is 23.8 Å². The van der Waals surface area contributed by atoms with Crippen LogP contribution in [0.2, 0.25) is 5.15 Å². The van der Waals surface area contributed by atoms with Crippen LogP contribution >= 0.6 is 11.6 Å². The van der Waals surface area contributed by atoms with Crippen molar-refractivity contribution in [2.24, 2.45) is 0 Å². The smallest absolute Gasteiger partial charge is 0.243 e. The van der Waals surface area contributed by atoms with E-state index in [2.05, 4.69) is 4.98 Å². The van der Waals surface area contributed by atoms with Crippen LogP contribution in [0.25, 0.3) is 0 Å². The van der Waals surface area contributed by atoms with Crippen molar-refractivity contribution < 1.29 is 13.2 Å². The molecule has 0 spiro atoms. The van der Waals surface area contributed by atoms with E-state index in [9.17, 15) is 8.42 Å². The number of rotatable bonds is 3. The summed E-state index contributed by atoms with van der Waals surface area (Å²) in [4.78, 5) is 3.98. The highest BCUT2D eigenvalue weighted by atomic mass is 35.5. The van der Waals surface area contributed by atoms with Gasteiger partial charge in [-0.1, -0.05) is 11.6 Å². The van der Waals surface area contributed by atoms with E-state index in [1.54, 1.807) is 7.11 Å². The average molecular weight is 291 g/mol. The first kappa shape index (κ1) is 13.7. The molecule has 1 saturated heterocycles. The number of ether oxygens (including phenoxy) is 1. The standard InChI is InChI=1S/C11H15ClN2O3S/c1-17-9-3-6-14(7-4-9)18(15,16)10-2-5-13-11(12)8-10/h2,5,8-9H,3-4,6-7H2,1H3. The zero-order valence-corrected chi connectivity index (χ0v) is 11.6. The monoisotopic (exact) mass is 290 g/mol. The van der Waals surface area contributed by atoms with E-state index >= 15 is 0 Å². The highest BCUT2D eigenvalue weighted by Gasteiger charge is 2.29. The Kier molecular flexibility index (Phi) is 4.21. The lowest BCUT2D eigenvalue weighted by atomic mass is 10.1. The molecule has 0 atom stereocenters. The van der Waals surface area contributed by atoms with Gasteiger partial charge in [-0.3, -0.25) is 0 Å². The molecule has 0 aromatic carbocycles. The molecule has 0 amide bonds. The van der Waals surface area contributed by atoms with Crippen LogP contribution in [-0.4, -0.2) is 44.0 Å². The van der Waals surface area contributed by atoms with Crippen LogP contribution in [0.4, 0.5) is 0 Å². The molecule has 2 rings (SSSR count). The van der Waals surface area contributed by atoms with Gasteiger partial charge in [0.25, 0.3) is 0 Å². The maximum absolute atomic E-state index is 12.3. The lowest BCUT2D eigenvalue weighted by molar-refractivity contribution is 0.0604. The lowest BCUT2D eigenvalue weighted by Crippen LogP contribution is -2.40. The maximum Gasteiger partial charge on any atom is 0.243 e. The minimum Gasteiger partial charge on any atom is -0.381 e. The maximum atomic E-state index is 12.3. The number of hydrogen-bond donors (Lipinski definition) is 0. The summed E-state index contributed by atoms with van der Waals surface area (Å²) in [6, 6.07) is 2.84. The Balaban J connectivity index is 2.17. The number of piperidine rings is 1. The first-order valence-electron chi connectivity index (χ1n) is 5.68. The summed E-state index contributed by atoms with van der Waals surface area (Å²) in [5, 5.41) is 0.183. The fourth-order valence-electron chi connectivity index (χ4n) is 2.00. The van der Waals surface area contributed by atoms with Gasteiger partial charge in [-0.15, -0.1) is 0 Å². The van der Waals surface area contributed by atoms with Crippen LogP contribution in [0, 0.1) is 0 Å². The molecule has 0 aliphatic carbocycles. The third-order valence-corrected chi connectivity index (χ3v) is 5.17. The first-order chi connectivity index (χ1) is 8.54. The Morgan fingerprint density at radius 3 is 2.67 bits per heavy atom. The minimum atomic E-state index is -3.46. The summed E-state index contributed by atoms with van der Waals surface area (Å²) in [6.07, 6.45) is 2.98. The molecule has 1 aromatic rings. The molecule has 18 heavy (non-hydrogen) atoms. The molecule has 0 unspecified atom stereocenters. The molecule has 1 aliphatic rings. The molecule has 0 radical (unpaired) electrons. The largest absolute Gasteiger partial charge is 0.381 e. The van der Waals surface area contributed by atoms with Gasteiger partial charge < -0.3 is 4.74 Å².